The third-order valence-electron chi connectivity index (χ3n) is 2.65. The summed E-state index contributed by atoms with van der Waals surface area (Å²) in [6, 6.07) is 6.09. The molecular formula is C12H11ClN4S2. The number of hydrogen-bond donors (Lipinski definition) is 2. The number of hydrogen-bond acceptors (Lipinski definition) is 6. The number of nitrogens with one attached hydrogen (secondary N) is 1. The van der Waals surface area contributed by atoms with Gasteiger partial charge in [-0.3, -0.25) is 0 Å². The third-order valence-corrected chi connectivity index (χ3v) is 4.77. The van der Waals surface area contributed by atoms with Gasteiger partial charge in [-0.1, -0.05) is 40.8 Å². The van der Waals surface area contributed by atoms with Crippen LogP contribution in [0.3, 0.4) is 0 Å². The first kappa shape index (κ1) is 12.8. The molecule has 4 nitrogen and oxygen atoms in total. The Kier molecular flexibility index (Phi) is 3.38. The average molecular weight is 311 g/mol. The van der Waals surface area contributed by atoms with E-state index in [-0.39, 0.29) is 6.04 Å². The Bertz CT molecular complexity index is 653. The summed E-state index contributed by atoms with van der Waals surface area (Å²) in [6.07, 6.45) is 2.17. The molecule has 98 valence electrons. The third kappa shape index (κ3) is 2.70. The van der Waals surface area contributed by atoms with E-state index >= 15 is 0 Å². The fourth-order valence-corrected chi connectivity index (χ4v) is 3.94. The number of thioether (sulfide) groups is 1. The molecule has 2 heterocycles. The van der Waals surface area contributed by atoms with Crippen molar-refractivity contribution in [3.63, 3.8) is 0 Å². The van der Waals surface area contributed by atoms with Crippen molar-refractivity contribution < 1.29 is 0 Å². The summed E-state index contributed by atoms with van der Waals surface area (Å²) in [5.41, 5.74) is 7.78. The van der Waals surface area contributed by atoms with Crippen molar-refractivity contribution >= 4 is 50.4 Å². The molecule has 0 spiro atoms. The normalized spacial score (nSPS) is 17.6. The molecular weight excluding hydrogens is 300 g/mol. The molecule has 0 bridgehead atoms. The maximum Gasteiger partial charge on any atom is 0.203 e. The largest absolute Gasteiger partial charge is 0.379 e. The van der Waals surface area contributed by atoms with Crippen molar-refractivity contribution in [2.75, 3.05) is 11.1 Å². The van der Waals surface area contributed by atoms with Crippen LogP contribution < -0.4 is 11.1 Å². The van der Waals surface area contributed by atoms with Gasteiger partial charge in [-0.05, 0) is 25.1 Å². The molecule has 3 N–H and O–H groups in total. The average Bonchev–Trinajstić information content (AvgIpc) is 2.74. The SMILES string of the molecule is CC1C=C(Sc2nnc(N)s2)c2ccc(Cl)cc2N1. The lowest BCUT2D eigenvalue weighted by Gasteiger charge is -2.23. The van der Waals surface area contributed by atoms with E-state index in [9.17, 15) is 0 Å². The number of nitrogen functional groups attached to an aromatic ring is 1. The van der Waals surface area contributed by atoms with Gasteiger partial charge in [0.2, 0.25) is 5.13 Å². The summed E-state index contributed by atoms with van der Waals surface area (Å²) in [6.45, 7) is 2.10. The fraction of sp³-hybridized carbons (Fsp3) is 0.167. The highest BCUT2D eigenvalue weighted by atomic mass is 35.5. The smallest absolute Gasteiger partial charge is 0.203 e. The minimum absolute atomic E-state index is 0.249. The van der Waals surface area contributed by atoms with Gasteiger partial charge in [0.05, 0.1) is 0 Å². The van der Waals surface area contributed by atoms with Crippen molar-refractivity contribution in [2.45, 2.75) is 17.3 Å². The lowest BCUT2D eigenvalue weighted by Crippen LogP contribution is -2.17. The van der Waals surface area contributed by atoms with Crippen molar-refractivity contribution in [3.8, 4) is 0 Å². The van der Waals surface area contributed by atoms with Crippen LogP contribution in [-0.2, 0) is 0 Å². The number of fused-ring (bicyclic) bond motifs is 1. The van der Waals surface area contributed by atoms with Crippen LogP contribution in [0.2, 0.25) is 5.02 Å². The van der Waals surface area contributed by atoms with E-state index in [1.807, 2.05) is 18.2 Å². The molecule has 0 amide bonds. The van der Waals surface area contributed by atoms with Gasteiger partial charge in [0, 0.05) is 27.2 Å². The van der Waals surface area contributed by atoms with Crippen LogP contribution in [0.1, 0.15) is 12.5 Å². The van der Waals surface area contributed by atoms with Gasteiger partial charge in [-0.25, -0.2) is 0 Å². The molecule has 0 saturated heterocycles. The van der Waals surface area contributed by atoms with Crippen LogP contribution in [0.4, 0.5) is 10.8 Å². The zero-order chi connectivity index (χ0) is 13.4. The summed E-state index contributed by atoms with van der Waals surface area (Å²) >= 11 is 9.00. The van der Waals surface area contributed by atoms with Gasteiger partial charge in [0.15, 0.2) is 4.34 Å². The molecule has 1 aromatic carbocycles. The number of benzene rings is 1. The molecule has 0 fully saturated rings. The van der Waals surface area contributed by atoms with Gasteiger partial charge in [0.1, 0.15) is 0 Å². The summed E-state index contributed by atoms with van der Waals surface area (Å²) in [5.74, 6) is 0. The van der Waals surface area contributed by atoms with Crippen molar-refractivity contribution in [2.24, 2.45) is 0 Å². The van der Waals surface area contributed by atoms with Crippen molar-refractivity contribution in [1.29, 1.82) is 0 Å². The molecule has 1 aromatic heterocycles. The van der Waals surface area contributed by atoms with Crippen LogP contribution in [0.25, 0.3) is 4.91 Å². The first-order valence-corrected chi connectivity index (χ1v) is 7.68. The summed E-state index contributed by atoms with van der Waals surface area (Å²) < 4.78 is 0.846. The topological polar surface area (TPSA) is 63.8 Å². The molecule has 7 heteroatoms. The zero-order valence-corrected chi connectivity index (χ0v) is 12.4. The Balaban J connectivity index is 1.96. The Morgan fingerprint density at radius 1 is 1.42 bits per heavy atom. The van der Waals surface area contributed by atoms with E-state index < -0.39 is 0 Å². The molecule has 2 aromatic rings. The second-order valence-corrected chi connectivity index (χ2v) is 6.90. The number of nitrogens with two attached hydrogens (primary N) is 1. The van der Waals surface area contributed by atoms with Gasteiger partial charge in [-0.15, -0.1) is 10.2 Å². The maximum atomic E-state index is 6.03. The quantitative estimate of drug-likeness (QED) is 0.885. The monoisotopic (exact) mass is 310 g/mol. The fourth-order valence-electron chi connectivity index (χ4n) is 1.90. The van der Waals surface area contributed by atoms with Crippen LogP contribution in [0.5, 0.6) is 0 Å². The molecule has 0 aliphatic carbocycles. The Hall–Kier alpha value is -1.24. The first-order chi connectivity index (χ1) is 9.11. The van der Waals surface area contributed by atoms with E-state index in [4.69, 9.17) is 17.3 Å². The van der Waals surface area contributed by atoms with E-state index in [0.29, 0.717) is 5.13 Å². The molecule has 0 radical (unpaired) electrons. The maximum absolute atomic E-state index is 6.03. The second kappa shape index (κ2) is 5.03. The number of anilines is 2. The van der Waals surface area contributed by atoms with E-state index in [0.717, 1.165) is 25.5 Å². The van der Waals surface area contributed by atoms with Crippen LogP contribution in [-0.4, -0.2) is 16.2 Å². The van der Waals surface area contributed by atoms with E-state index in [2.05, 4.69) is 28.5 Å². The van der Waals surface area contributed by atoms with E-state index in [1.165, 1.54) is 11.3 Å². The lowest BCUT2D eigenvalue weighted by molar-refractivity contribution is 0.989. The summed E-state index contributed by atoms with van der Waals surface area (Å²) in [4.78, 5) is 1.15. The van der Waals surface area contributed by atoms with Gasteiger partial charge in [-0.2, -0.15) is 0 Å². The molecule has 0 saturated carbocycles. The van der Waals surface area contributed by atoms with Crippen molar-refractivity contribution in [3.05, 3.63) is 34.9 Å². The molecule has 1 aliphatic rings. The highest BCUT2D eigenvalue weighted by molar-refractivity contribution is 8.09. The second-order valence-electron chi connectivity index (χ2n) is 4.16. The molecule has 19 heavy (non-hydrogen) atoms. The number of aromatic nitrogens is 2. The van der Waals surface area contributed by atoms with Crippen LogP contribution >= 0.6 is 34.7 Å². The zero-order valence-electron chi connectivity index (χ0n) is 10.1. The number of rotatable bonds is 2. The Morgan fingerprint density at radius 2 is 2.26 bits per heavy atom. The number of nitrogens with zero attached hydrogens (tertiary/aromatic N) is 2. The Morgan fingerprint density at radius 3 is 3.00 bits per heavy atom. The molecule has 1 atom stereocenters. The van der Waals surface area contributed by atoms with Crippen LogP contribution in [0, 0.1) is 0 Å². The summed E-state index contributed by atoms with van der Waals surface area (Å²) in [5, 5.41) is 12.5. The van der Waals surface area contributed by atoms with Gasteiger partial charge >= 0.3 is 0 Å². The van der Waals surface area contributed by atoms with Crippen molar-refractivity contribution in [1.82, 2.24) is 10.2 Å². The van der Waals surface area contributed by atoms with Gasteiger partial charge < -0.3 is 11.1 Å². The van der Waals surface area contributed by atoms with Gasteiger partial charge in [0.25, 0.3) is 0 Å². The molecule has 3 rings (SSSR count). The van der Waals surface area contributed by atoms with Crippen LogP contribution in [0.15, 0.2) is 28.6 Å². The standard InChI is InChI=1S/C12H11ClN4S2/c1-6-4-10(18-12-17-16-11(14)19-12)8-3-2-7(13)5-9(8)15-6/h2-6,15H,1H3,(H2,14,16). The predicted molar refractivity (Wildman–Crippen MR) is 82.7 cm³/mol. The van der Waals surface area contributed by atoms with E-state index in [1.54, 1.807) is 11.8 Å². The summed E-state index contributed by atoms with van der Waals surface area (Å²) in [7, 11) is 0. The highest BCUT2D eigenvalue weighted by Gasteiger charge is 2.18. The number of halogens is 1. The Labute approximate surface area is 124 Å². The first-order valence-electron chi connectivity index (χ1n) is 5.67. The molecule has 1 unspecified atom stereocenters. The highest BCUT2D eigenvalue weighted by Crippen LogP contribution is 2.42. The lowest BCUT2D eigenvalue weighted by atomic mass is 10.1. The predicted octanol–water partition coefficient (Wildman–Crippen LogP) is 3.72. The minimum atomic E-state index is 0.249. The molecule has 1 aliphatic heterocycles. The minimum Gasteiger partial charge on any atom is -0.379 e.